The quantitative estimate of drug-likeness (QED) is 0.726. The number of benzene rings is 2. The molecule has 5 nitrogen and oxygen atoms in total. The minimum atomic E-state index is -0.299. The molecular formula is C23H30N2O3. The van der Waals surface area contributed by atoms with Crippen molar-refractivity contribution < 1.29 is 14.3 Å². The summed E-state index contributed by atoms with van der Waals surface area (Å²) in [5.74, 6) is 0.716. The molecule has 1 unspecified atom stereocenters. The zero-order valence-corrected chi connectivity index (χ0v) is 17.3. The molecule has 2 aromatic rings. The number of para-hydroxylation sites is 1. The van der Waals surface area contributed by atoms with E-state index in [1.807, 2.05) is 45.0 Å². The third-order valence-electron chi connectivity index (χ3n) is 4.34. The molecule has 0 fully saturated rings. The molecule has 0 heterocycles. The van der Waals surface area contributed by atoms with E-state index in [1.165, 1.54) is 0 Å². The summed E-state index contributed by atoms with van der Waals surface area (Å²) < 4.78 is 5.73. The first kappa shape index (κ1) is 21.5. The lowest BCUT2D eigenvalue weighted by Gasteiger charge is -2.20. The molecule has 5 heteroatoms. The number of carbonyl (C=O) groups excluding carboxylic acids is 2. The van der Waals surface area contributed by atoms with Gasteiger partial charge in [0.15, 0.2) is 6.61 Å². The molecule has 0 saturated heterocycles. The van der Waals surface area contributed by atoms with Gasteiger partial charge in [-0.2, -0.15) is 0 Å². The first-order valence-corrected chi connectivity index (χ1v) is 9.63. The Balaban J connectivity index is 1.93. The highest BCUT2D eigenvalue weighted by molar-refractivity contribution is 5.96. The zero-order chi connectivity index (χ0) is 20.7. The van der Waals surface area contributed by atoms with Gasteiger partial charge in [0.2, 0.25) is 0 Å². The molecule has 0 aliphatic rings. The molecular weight excluding hydrogens is 352 g/mol. The summed E-state index contributed by atoms with van der Waals surface area (Å²) in [4.78, 5) is 24.4. The number of amides is 2. The average Bonchev–Trinajstić information content (AvgIpc) is 2.65. The van der Waals surface area contributed by atoms with E-state index < -0.39 is 0 Å². The largest absolute Gasteiger partial charge is 0.483 e. The fraction of sp³-hybridized carbons (Fsp3) is 0.391. The second-order valence-corrected chi connectivity index (χ2v) is 7.97. The molecule has 0 saturated carbocycles. The number of hydrogen-bond acceptors (Lipinski definition) is 3. The van der Waals surface area contributed by atoms with Gasteiger partial charge in [0.1, 0.15) is 5.75 Å². The average molecular weight is 383 g/mol. The van der Waals surface area contributed by atoms with E-state index in [-0.39, 0.29) is 24.0 Å². The summed E-state index contributed by atoms with van der Waals surface area (Å²) >= 11 is 0. The fourth-order valence-electron chi connectivity index (χ4n) is 2.70. The maximum Gasteiger partial charge on any atom is 0.262 e. The van der Waals surface area contributed by atoms with E-state index in [0.717, 1.165) is 17.7 Å². The Morgan fingerprint density at radius 3 is 2.29 bits per heavy atom. The topological polar surface area (TPSA) is 67.4 Å². The van der Waals surface area contributed by atoms with E-state index in [4.69, 9.17) is 4.74 Å². The molecule has 2 N–H and O–H groups in total. The van der Waals surface area contributed by atoms with Crippen LogP contribution < -0.4 is 15.4 Å². The van der Waals surface area contributed by atoms with Crippen LogP contribution in [0.4, 0.5) is 5.69 Å². The minimum absolute atomic E-state index is 0.0697. The summed E-state index contributed by atoms with van der Waals surface area (Å²) in [5.41, 5.74) is 1.97. The molecule has 2 rings (SSSR count). The predicted octanol–water partition coefficient (Wildman–Crippen LogP) is 4.75. The van der Waals surface area contributed by atoms with Gasteiger partial charge >= 0.3 is 0 Å². The number of rotatable bonds is 7. The van der Waals surface area contributed by atoms with Crippen molar-refractivity contribution in [2.24, 2.45) is 0 Å². The minimum Gasteiger partial charge on any atom is -0.483 e. The van der Waals surface area contributed by atoms with Gasteiger partial charge in [-0.1, -0.05) is 32.0 Å². The third kappa shape index (κ3) is 6.41. The lowest BCUT2D eigenvalue weighted by atomic mass is 9.98. The lowest BCUT2D eigenvalue weighted by Crippen LogP contribution is -2.40. The highest BCUT2D eigenvalue weighted by atomic mass is 16.5. The van der Waals surface area contributed by atoms with Crippen molar-refractivity contribution >= 4 is 17.5 Å². The lowest BCUT2D eigenvalue weighted by molar-refractivity contribution is -0.118. The second-order valence-electron chi connectivity index (χ2n) is 7.97. The van der Waals surface area contributed by atoms with Crippen LogP contribution in [0.2, 0.25) is 0 Å². The first-order valence-electron chi connectivity index (χ1n) is 9.63. The van der Waals surface area contributed by atoms with E-state index in [9.17, 15) is 9.59 Å². The van der Waals surface area contributed by atoms with Crippen molar-refractivity contribution in [1.82, 2.24) is 5.32 Å². The smallest absolute Gasteiger partial charge is 0.262 e. The van der Waals surface area contributed by atoms with Crippen molar-refractivity contribution in [3.63, 3.8) is 0 Å². The van der Waals surface area contributed by atoms with Crippen LogP contribution in [0.5, 0.6) is 5.75 Å². The molecule has 0 aliphatic carbocycles. The maximum atomic E-state index is 12.2. The SMILES string of the molecule is CCC(C)c1ccccc1OCC(=O)Nc1ccc(C(=O)NC(C)(C)C)cc1. The summed E-state index contributed by atoms with van der Waals surface area (Å²) in [6, 6.07) is 14.6. The molecule has 2 amide bonds. The van der Waals surface area contributed by atoms with E-state index >= 15 is 0 Å². The Hall–Kier alpha value is -2.82. The van der Waals surface area contributed by atoms with Crippen molar-refractivity contribution in [2.75, 3.05) is 11.9 Å². The Morgan fingerprint density at radius 2 is 1.68 bits per heavy atom. The van der Waals surface area contributed by atoms with Crippen LogP contribution in [0, 0.1) is 0 Å². The number of anilines is 1. The highest BCUT2D eigenvalue weighted by Gasteiger charge is 2.15. The fourth-order valence-corrected chi connectivity index (χ4v) is 2.70. The third-order valence-corrected chi connectivity index (χ3v) is 4.34. The Morgan fingerprint density at radius 1 is 1.04 bits per heavy atom. The van der Waals surface area contributed by atoms with Gasteiger partial charge in [0.05, 0.1) is 0 Å². The van der Waals surface area contributed by atoms with Crippen LogP contribution in [-0.2, 0) is 4.79 Å². The summed E-state index contributed by atoms with van der Waals surface area (Å²) in [5, 5.41) is 5.70. The molecule has 28 heavy (non-hydrogen) atoms. The van der Waals surface area contributed by atoms with Crippen molar-refractivity contribution in [1.29, 1.82) is 0 Å². The second kappa shape index (κ2) is 9.40. The number of ether oxygens (including phenoxy) is 1. The summed E-state index contributed by atoms with van der Waals surface area (Å²) in [6.07, 6.45) is 1.00. The highest BCUT2D eigenvalue weighted by Crippen LogP contribution is 2.28. The Bertz CT molecular complexity index is 807. The molecule has 1 atom stereocenters. The van der Waals surface area contributed by atoms with Gasteiger partial charge in [-0.3, -0.25) is 9.59 Å². The van der Waals surface area contributed by atoms with Gasteiger partial charge < -0.3 is 15.4 Å². The normalized spacial score (nSPS) is 12.2. The first-order chi connectivity index (χ1) is 13.2. The van der Waals surface area contributed by atoms with Gasteiger partial charge in [-0.15, -0.1) is 0 Å². The molecule has 150 valence electrons. The Labute approximate surface area is 167 Å². The Kier molecular flexibility index (Phi) is 7.21. The van der Waals surface area contributed by atoms with Crippen LogP contribution in [0.3, 0.4) is 0 Å². The summed E-state index contributed by atoms with van der Waals surface area (Å²) in [6.45, 7) is 9.98. The van der Waals surface area contributed by atoms with Crippen molar-refractivity contribution in [3.8, 4) is 5.75 Å². The van der Waals surface area contributed by atoms with Gasteiger partial charge in [-0.25, -0.2) is 0 Å². The van der Waals surface area contributed by atoms with Crippen LogP contribution >= 0.6 is 0 Å². The predicted molar refractivity (Wildman–Crippen MR) is 113 cm³/mol. The van der Waals surface area contributed by atoms with Gasteiger partial charge in [0.25, 0.3) is 11.8 Å². The van der Waals surface area contributed by atoms with Crippen LogP contribution in [0.25, 0.3) is 0 Å². The zero-order valence-electron chi connectivity index (χ0n) is 17.3. The molecule has 0 spiro atoms. The van der Waals surface area contributed by atoms with Crippen LogP contribution in [-0.4, -0.2) is 24.0 Å². The number of nitrogens with one attached hydrogen (secondary N) is 2. The van der Waals surface area contributed by atoms with E-state index in [1.54, 1.807) is 24.3 Å². The van der Waals surface area contributed by atoms with Gasteiger partial charge in [0, 0.05) is 16.8 Å². The molecule has 0 bridgehead atoms. The molecule has 0 aromatic heterocycles. The number of hydrogen-bond donors (Lipinski definition) is 2. The monoisotopic (exact) mass is 382 g/mol. The van der Waals surface area contributed by atoms with E-state index in [0.29, 0.717) is 17.2 Å². The maximum absolute atomic E-state index is 12.2. The molecule has 0 radical (unpaired) electrons. The van der Waals surface area contributed by atoms with Crippen molar-refractivity contribution in [3.05, 3.63) is 59.7 Å². The standard InChI is InChI=1S/C23H30N2O3/c1-6-16(2)19-9-7-8-10-20(19)28-15-21(26)24-18-13-11-17(12-14-18)22(27)25-23(3,4)5/h7-14,16H,6,15H2,1-5H3,(H,24,26)(H,25,27). The number of carbonyl (C=O) groups is 2. The van der Waals surface area contributed by atoms with Gasteiger partial charge in [-0.05, 0) is 69.0 Å². The van der Waals surface area contributed by atoms with Crippen molar-refractivity contribution in [2.45, 2.75) is 52.5 Å². The molecule has 2 aromatic carbocycles. The summed E-state index contributed by atoms with van der Waals surface area (Å²) in [7, 11) is 0. The van der Waals surface area contributed by atoms with Crippen LogP contribution in [0.15, 0.2) is 48.5 Å². The van der Waals surface area contributed by atoms with E-state index in [2.05, 4.69) is 24.5 Å². The van der Waals surface area contributed by atoms with Crippen LogP contribution in [0.1, 0.15) is 62.9 Å². The molecule has 0 aliphatic heterocycles.